The summed E-state index contributed by atoms with van der Waals surface area (Å²) in [7, 11) is 1.78. The Morgan fingerprint density at radius 3 is 2.88 bits per heavy atom. The van der Waals surface area contributed by atoms with Gasteiger partial charge in [-0.05, 0) is 36.6 Å². The van der Waals surface area contributed by atoms with Crippen molar-refractivity contribution in [1.29, 1.82) is 0 Å². The van der Waals surface area contributed by atoms with E-state index in [-0.39, 0.29) is 17.7 Å². The van der Waals surface area contributed by atoms with Gasteiger partial charge in [-0.2, -0.15) is 0 Å². The molecule has 1 aromatic heterocycles. The normalized spacial score (nSPS) is 16.4. The van der Waals surface area contributed by atoms with E-state index in [2.05, 4.69) is 5.32 Å². The molecule has 1 aliphatic rings. The molecule has 1 unspecified atom stereocenters. The van der Waals surface area contributed by atoms with Gasteiger partial charge in [0.2, 0.25) is 11.8 Å². The lowest BCUT2D eigenvalue weighted by atomic mass is 9.89. The Labute approximate surface area is 150 Å². The molecule has 2 heterocycles. The van der Waals surface area contributed by atoms with Gasteiger partial charge in [-0.1, -0.05) is 29.8 Å². The highest BCUT2D eigenvalue weighted by atomic mass is 35.5. The fourth-order valence-corrected chi connectivity index (χ4v) is 4.03. The van der Waals surface area contributed by atoms with Crippen LogP contribution in [-0.4, -0.2) is 23.8 Å². The molecule has 4 nitrogen and oxygen atoms in total. The van der Waals surface area contributed by atoms with Crippen LogP contribution in [0.15, 0.2) is 36.4 Å². The van der Waals surface area contributed by atoms with Crippen molar-refractivity contribution >= 4 is 40.4 Å². The summed E-state index contributed by atoms with van der Waals surface area (Å²) in [5.74, 6) is -0.0891. The number of nitrogens with one attached hydrogen (secondary N) is 1. The number of thiophene rings is 1. The first-order valence-electron chi connectivity index (χ1n) is 7.90. The van der Waals surface area contributed by atoms with Gasteiger partial charge in [0.1, 0.15) is 0 Å². The molecule has 1 aliphatic heterocycles. The van der Waals surface area contributed by atoms with Crippen LogP contribution in [0.5, 0.6) is 0 Å². The largest absolute Gasteiger partial charge is 0.341 e. The number of para-hydroxylation sites is 1. The highest BCUT2D eigenvalue weighted by Gasteiger charge is 2.26. The van der Waals surface area contributed by atoms with E-state index in [1.54, 1.807) is 11.9 Å². The van der Waals surface area contributed by atoms with Crippen molar-refractivity contribution in [3.63, 3.8) is 0 Å². The molecule has 1 atom stereocenters. The highest BCUT2D eigenvalue weighted by molar-refractivity contribution is 7.16. The maximum Gasteiger partial charge on any atom is 0.227 e. The molecule has 126 valence electrons. The van der Waals surface area contributed by atoms with Crippen molar-refractivity contribution in [1.82, 2.24) is 4.90 Å². The summed E-state index contributed by atoms with van der Waals surface area (Å²) in [6.45, 7) is 0.552. The van der Waals surface area contributed by atoms with E-state index in [0.29, 0.717) is 25.8 Å². The van der Waals surface area contributed by atoms with Gasteiger partial charge in [0.15, 0.2) is 0 Å². The van der Waals surface area contributed by atoms with Gasteiger partial charge in [0, 0.05) is 30.0 Å². The van der Waals surface area contributed by atoms with Gasteiger partial charge >= 0.3 is 0 Å². The quantitative estimate of drug-likeness (QED) is 0.875. The van der Waals surface area contributed by atoms with E-state index < -0.39 is 0 Å². The molecule has 0 radical (unpaired) electrons. The summed E-state index contributed by atoms with van der Waals surface area (Å²) < 4.78 is 0.725. The van der Waals surface area contributed by atoms with Crippen molar-refractivity contribution in [2.45, 2.75) is 25.8 Å². The van der Waals surface area contributed by atoms with Crippen LogP contribution < -0.4 is 5.32 Å². The standard InChI is InChI=1S/C18H19ClN2O2S/c1-21(11-14-7-8-16(19)24-14)17(22)9-6-13-10-12-4-2-3-5-15(12)20-18(13)23/h2-5,7-8,13H,6,9-11H2,1H3,(H,20,23). The van der Waals surface area contributed by atoms with Crippen LogP contribution in [0, 0.1) is 5.92 Å². The Kier molecular flexibility index (Phi) is 5.21. The van der Waals surface area contributed by atoms with Crippen LogP contribution in [0.2, 0.25) is 4.34 Å². The van der Waals surface area contributed by atoms with Crippen molar-refractivity contribution in [2.75, 3.05) is 12.4 Å². The Balaban J connectivity index is 1.53. The predicted octanol–water partition coefficient (Wildman–Crippen LogP) is 3.95. The van der Waals surface area contributed by atoms with E-state index in [1.807, 2.05) is 36.4 Å². The minimum absolute atomic E-state index is 0.00851. The zero-order valence-corrected chi connectivity index (χ0v) is 15.0. The third-order valence-corrected chi connectivity index (χ3v) is 5.48. The van der Waals surface area contributed by atoms with Gasteiger partial charge in [0.25, 0.3) is 0 Å². The summed E-state index contributed by atoms with van der Waals surface area (Å²) >= 11 is 7.39. The van der Waals surface area contributed by atoms with E-state index in [1.165, 1.54) is 11.3 Å². The molecule has 0 bridgehead atoms. The molecule has 0 aliphatic carbocycles. The minimum Gasteiger partial charge on any atom is -0.341 e. The number of amides is 2. The summed E-state index contributed by atoms with van der Waals surface area (Å²) in [6, 6.07) is 11.6. The second-order valence-electron chi connectivity index (χ2n) is 6.04. The molecular weight excluding hydrogens is 344 g/mol. The average molecular weight is 363 g/mol. The van der Waals surface area contributed by atoms with Crippen LogP contribution >= 0.6 is 22.9 Å². The monoisotopic (exact) mass is 362 g/mol. The molecule has 2 amide bonds. The lowest BCUT2D eigenvalue weighted by molar-refractivity contribution is -0.131. The molecule has 24 heavy (non-hydrogen) atoms. The Morgan fingerprint density at radius 2 is 2.12 bits per heavy atom. The SMILES string of the molecule is CN(Cc1ccc(Cl)s1)C(=O)CCC1Cc2ccccc2NC1=O. The van der Waals surface area contributed by atoms with Crippen LogP contribution in [0.3, 0.4) is 0 Å². The van der Waals surface area contributed by atoms with Gasteiger partial charge in [-0.3, -0.25) is 9.59 Å². The number of fused-ring (bicyclic) bond motifs is 1. The predicted molar refractivity (Wildman–Crippen MR) is 97.3 cm³/mol. The zero-order valence-electron chi connectivity index (χ0n) is 13.4. The fraction of sp³-hybridized carbons (Fsp3) is 0.333. The fourth-order valence-electron chi connectivity index (χ4n) is 2.89. The van der Waals surface area contributed by atoms with Crippen LogP contribution in [0.25, 0.3) is 0 Å². The first kappa shape index (κ1) is 17.0. The first-order chi connectivity index (χ1) is 11.5. The number of carbonyl (C=O) groups excluding carboxylic acids is 2. The third kappa shape index (κ3) is 3.97. The third-order valence-electron chi connectivity index (χ3n) is 4.27. The number of rotatable bonds is 5. The molecule has 0 spiro atoms. The van der Waals surface area contributed by atoms with E-state index in [9.17, 15) is 9.59 Å². The van der Waals surface area contributed by atoms with E-state index in [0.717, 1.165) is 20.5 Å². The van der Waals surface area contributed by atoms with Gasteiger partial charge < -0.3 is 10.2 Å². The number of nitrogens with zero attached hydrogens (tertiary/aromatic N) is 1. The topological polar surface area (TPSA) is 49.4 Å². The van der Waals surface area contributed by atoms with Gasteiger partial charge in [-0.25, -0.2) is 0 Å². The maximum atomic E-state index is 12.3. The lowest BCUT2D eigenvalue weighted by Crippen LogP contribution is -2.32. The molecule has 1 aromatic carbocycles. The number of anilines is 1. The summed E-state index contributed by atoms with van der Waals surface area (Å²) in [4.78, 5) is 27.2. The highest BCUT2D eigenvalue weighted by Crippen LogP contribution is 2.28. The molecule has 0 fully saturated rings. The molecule has 2 aromatic rings. The molecule has 1 N–H and O–H groups in total. The molecular formula is C18H19ClN2O2S. The van der Waals surface area contributed by atoms with Crippen LogP contribution in [0.4, 0.5) is 5.69 Å². The molecule has 6 heteroatoms. The first-order valence-corrected chi connectivity index (χ1v) is 9.09. The summed E-state index contributed by atoms with van der Waals surface area (Å²) in [6.07, 6.45) is 1.63. The minimum atomic E-state index is -0.145. The maximum absolute atomic E-state index is 12.3. The van der Waals surface area contributed by atoms with Gasteiger partial charge in [-0.15, -0.1) is 11.3 Å². The molecule has 0 saturated carbocycles. The number of hydrogen-bond donors (Lipinski definition) is 1. The second-order valence-corrected chi connectivity index (χ2v) is 7.84. The smallest absolute Gasteiger partial charge is 0.227 e. The average Bonchev–Trinajstić information content (AvgIpc) is 2.97. The number of benzene rings is 1. The number of carbonyl (C=O) groups is 2. The van der Waals surface area contributed by atoms with Crippen LogP contribution in [0.1, 0.15) is 23.3 Å². The van der Waals surface area contributed by atoms with Crippen molar-refractivity contribution in [3.05, 3.63) is 51.2 Å². The summed E-state index contributed by atoms with van der Waals surface area (Å²) in [5.41, 5.74) is 2.02. The summed E-state index contributed by atoms with van der Waals surface area (Å²) in [5, 5.41) is 2.93. The Bertz CT molecular complexity index is 759. The number of hydrogen-bond acceptors (Lipinski definition) is 3. The van der Waals surface area contributed by atoms with Gasteiger partial charge in [0.05, 0.1) is 10.9 Å². The van der Waals surface area contributed by atoms with Crippen LogP contribution in [-0.2, 0) is 22.6 Å². The van der Waals surface area contributed by atoms with Crippen molar-refractivity contribution in [2.24, 2.45) is 5.92 Å². The molecule has 0 saturated heterocycles. The Hall–Kier alpha value is -1.85. The lowest BCUT2D eigenvalue weighted by Gasteiger charge is -2.25. The Morgan fingerprint density at radius 1 is 1.33 bits per heavy atom. The van der Waals surface area contributed by atoms with E-state index >= 15 is 0 Å². The van der Waals surface area contributed by atoms with E-state index in [4.69, 9.17) is 11.6 Å². The van der Waals surface area contributed by atoms with Crippen molar-refractivity contribution < 1.29 is 9.59 Å². The zero-order chi connectivity index (χ0) is 17.1. The second kappa shape index (κ2) is 7.36. The molecule has 3 rings (SSSR count). The number of halogens is 1. The van der Waals surface area contributed by atoms with Crippen molar-refractivity contribution in [3.8, 4) is 0 Å².